The third-order valence-electron chi connectivity index (χ3n) is 6.39. The van der Waals surface area contributed by atoms with Crippen LogP contribution in [0.15, 0.2) is 30.3 Å². The molecule has 5 nitrogen and oxygen atoms in total. The van der Waals surface area contributed by atoms with Crippen molar-refractivity contribution in [3.05, 3.63) is 35.9 Å². The van der Waals surface area contributed by atoms with Crippen LogP contribution in [-0.4, -0.2) is 58.0 Å². The van der Waals surface area contributed by atoms with Crippen LogP contribution >= 0.6 is 0 Å². The molecule has 1 aromatic rings. The van der Waals surface area contributed by atoms with Crippen molar-refractivity contribution in [2.75, 3.05) is 19.6 Å². The van der Waals surface area contributed by atoms with Gasteiger partial charge in [-0.05, 0) is 44.1 Å². The Bertz CT molecular complexity index is 663. The van der Waals surface area contributed by atoms with E-state index in [1.807, 2.05) is 54.0 Å². The molecular weight excluding hydrogens is 328 g/mol. The van der Waals surface area contributed by atoms with Gasteiger partial charge in [-0.3, -0.25) is 9.59 Å². The maximum Gasteiger partial charge on any atom is 0.226 e. The molecule has 1 N–H and O–H groups in total. The summed E-state index contributed by atoms with van der Waals surface area (Å²) in [5.41, 5.74) is 0.428. The molecule has 142 valence electrons. The van der Waals surface area contributed by atoms with Gasteiger partial charge in [-0.15, -0.1) is 0 Å². The molecule has 0 unspecified atom stereocenters. The monoisotopic (exact) mass is 358 g/mol. The Labute approximate surface area is 156 Å². The molecule has 0 aromatic heterocycles. The van der Waals surface area contributed by atoms with E-state index in [1.165, 1.54) is 0 Å². The van der Waals surface area contributed by atoms with E-state index in [4.69, 9.17) is 0 Å². The van der Waals surface area contributed by atoms with Gasteiger partial charge in [0.1, 0.15) is 0 Å². The van der Waals surface area contributed by atoms with Crippen molar-refractivity contribution in [2.24, 2.45) is 5.41 Å². The van der Waals surface area contributed by atoms with Crippen LogP contribution in [-0.2, 0) is 16.0 Å². The maximum atomic E-state index is 12.6. The van der Waals surface area contributed by atoms with Gasteiger partial charge in [-0.2, -0.15) is 0 Å². The van der Waals surface area contributed by atoms with Crippen LogP contribution in [0, 0.1) is 5.41 Å². The molecule has 5 heteroatoms. The second kappa shape index (κ2) is 7.03. The molecule has 0 radical (unpaired) electrons. The minimum absolute atomic E-state index is 0.00992. The molecule has 1 aromatic carbocycles. The fourth-order valence-electron chi connectivity index (χ4n) is 4.44. The molecule has 0 aliphatic carbocycles. The van der Waals surface area contributed by atoms with Gasteiger partial charge in [0.15, 0.2) is 0 Å². The average Bonchev–Trinajstić information content (AvgIpc) is 2.60. The molecule has 1 atom stereocenters. The predicted octanol–water partition coefficient (Wildman–Crippen LogP) is 2.23. The Hall–Kier alpha value is -1.88. The van der Waals surface area contributed by atoms with E-state index in [-0.39, 0.29) is 17.2 Å². The van der Waals surface area contributed by atoms with Crippen LogP contribution in [0.5, 0.6) is 0 Å². The average molecular weight is 358 g/mol. The Morgan fingerprint density at radius 3 is 2.35 bits per heavy atom. The zero-order valence-electron chi connectivity index (χ0n) is 16.1. The highest BCUT2D eigenvalue weighted by molar-refractivity contribution is 5.79. The van der Waals surface area contributed by atoms with Crippen molar-refractivity contribution < 1.29 is 14.7 Å². The van der Waals surface area contributed by atoms with Gasteiger partial charge in [0, 0.05) is 26.6 Å². The number of rotatable bonds is 2. The van der Waals surface area contributed by atoms with Crippen molar-refractivity contribution in [2.45, 2.75) is 58.1 Å². The van der Waals surface area contributed by atoms with Crippen LogP contribution < -0.4 is 0 Å². The van der Waals surface area contributed by atoms with Gasteiger partial charge in [-0.25, -0.2) is 0 Å². The number of carbonyl (C=O) groups excluding carboxylic acids is 2. The maximum absolute atomic E-state index is 12.6. The minimum atomic E-state index is -0.535. The summed E-state index contributed by atoms with van der Waals surface area (Å²) < 4.78 is 0. The lowest BCUT2D eigenvalue weighted by Crippen LogP contribution is -2.64. The molecule has 1 spiro atoms. The zero-order valence-corrected chi connectivity index (χ0v) is 16.1. The first-order valence-electron chi connectivity index (χ1n) is 9.51. The number of benzene rings is 1. The van der Waals surface area contributed by atoms with Gasteiger partial charge < -0.3 is 14.9 Å². The Morgan fingerprint density at radius 1 is 1.15 bits per heavy atom. The topological polar surface area (TPSA) is 60.9 Å². The smallest absolute Gasteiger partial charge is 0.226 e. The van der Waals surface area contributed by atoms with Crippen molar-refractivity contribution in [3.63, 3.8) is 0 Å². The molecule has 0 bridgehead atoms. The summed E-state index contributed by atoms with van der Waals surface area (Å²) in [6.45, 7) is 7.52. The molecule has 2 aliphatic rings. The Balaban J connectivity index is 1.64. The number of hydrogen-bond donors (Lipinski definition) is 1. The summed E-state index contributed by atoms with van der Waals surface area (Å²) in [6.07, 6.45) is 2.27. The van der Waals surface area contributed by atoms with E-state index in [0.717, 1.165) is 18.4 Å². The van der Waals surface area contributed by atoms with E-state index in [0.29, 0.717) is 32.5 Å². The van der Waals surface area contributed by atoms with Gasteiger partial charge in [0.2, 0.25) is 11.8 Å². The van der Waals surface area contributed by atoms with Crippen LogP contribution in [0.1, 0.15) is 45.6 Å². The minimum Gasteiger partial charge on any atom is -0.391 e. The molecule has 2 aliphatic heterocycles. The number of carbonyl (C=O) groups is 2. The molecule has 2 fully saturated rings. The van der Waals surface area contributed by atoms with Crippen LogP contribution in [0.3, 0.4) is 0 Å². The zero-order chi connectivity index (χ0) is 18.9. The van der Waals surface area contributed by atoms with E-state index in [2.05, 4.69) is 0 Å². The lowest BCUT2D eigenvalue weighted by Gasteiger charge is -2.55. The third kappa shape index (κ3) is 3.63. The normalized spacial score (nSPS) is 24.5. The third-order valence-corrected chi connectivity index (χ3v) is 6.39. The second-order valence-electron chi connectivity index (χ2n) is 8.52. The molecule has 2 amide bonds. The van der Waals surface area contributed by atoms with Crippen LogP contribution in [0.25, 0.3) is 0 Å². The molecule has 3 rings (SSSR count). The second-order valence-corrected chi connectivity index (χ2v) is 8.52. The van der Waals surface area contributed by atoms with Crippen molar-refractivity contribution >= 4 is 11.8 Å². The molecule has 0 saturated carbocycles. The number of hydrogen-bond acceptors (Lipinski definition) is 3. The van der Waals surface area contributed by atoms with E-state index in [9.17, 15) is 14.7 Å². The summed E-state index contributed by atoms with van der Waals surface area (Å²) in [5, 5.41) is 10.7. The first-order valence-corrected chi connectivity index (χ1v) is 9.51. The van der Waals surface area contributed by atoms with E-state index >= 15 is 0 Å². The van der Waals surface area contributed by atoms with Crippen LogP contribution in [0.2, 0.25) is 0 Å². The fraction of sp³-hybridized carbons (Fsp3) is 0.619. The highest BCUT2D eigenvalue weighted by Gasteiger charge is 2.50. The van der Waals surface area contributed by atoms with Gasteiger partial charge in [0.25, 0.3) is 0 Å². The number of amides is 2. The van der Waals surface area contributed by atoms with Crippen molar-refractivity contribution in [1.82, 2.24) is 9.80 Å². The van der Waals surface area contributed by atoms with Crippen LogP contribution in [0.4, 0.5) is 0 Å². The first-order chi connectivity index (χ1) is 12.2. The highest BCUT2D eigenvalue weighted by Crippen LogP contribution is 2.45. The number of likely N-dealkylation sites (tertiary alicyclic amines) is 2. The van der Waals surface area contributed by atoms with E-state index in [1.54, 1.807) is 6.92 Å². The lowest BCUT2D eigenvalue weighted by molar-refractivity contribution is -0.159. The highest BCUT2D eigenvalue weighted by atomic mass is 16.3. The Kier molecular flexibility index (Phi) is 5.11. The molecule has 2 saturated heterocycles. The molecular formula is C21H30N2O3. The summed E-state index contributed by atoms with van der Waals surface area (Å²) in [5.74, 6) is 0.168. The Morgan fingerprint density at radius 2 is 1.77 bits per heavy atom. The fourth-order valence-corrected chi connectivity index (χ4v) is 4.44. The van der Waals surface area contributed by atoms with Crippen molar-refractivity contribution in [1.29, 1.82) is 0 Å². The SMILES string of the molecule is CC(=O)N1CC2(CCN(C(=O)Cc3ccccc3)CC2)C[C@H](O)C1(C)C. The van der Waals surface area contributed by atoms with Crippen molar-refractivity contribution in [3.8, 4) is 0 Å². The summed E-state index contributed by atoms with van der Waals surface area (Å²) in [6, 6.07) is 9.82. The number of aliphatic hydroxyl groups excluding tert-OH is 1. The van der Waals surface area contributed by atoms with Gasteiger partial charge in [-0.1, -0.05) is 30.3 Å². The molecule has 26 heavy (non-hydrogen) atoms. The number of piperidine rings is 2. The number of aliphatic hydroxyl groups is 1. The quantitative estimate of drug-likeness (QED) is 0.882. The summed E-state index contributed by atoms with van der Waals surface area (Å²) in [4.78, 5) is 28.5. The summed E-state index contributed by atoms with van der Waals surface area (Å²) >= 11 is 0. The summed E-state index contributed by atoms with van der Waals surface area (Å²) in [7, 11) is 0. The predicted molar refractivity (Wildman–Crippen MR) is 100 cm³/mol. The van der Waals surface area contributed by atoms with Gasteiger partial charge >= 0.3 is 0 Å². The molecule has 2 heterocycles. The lowest BCUT2D eigenvalue weighted by atomic mass is 9.67. The largest absolute Gasteiger partial charge is 0.391 e. The first kappa shape index (κ1) is 18.9. The van der Waals surface area contributed by atoms with Gasteiger partial charge in [0.05, 0.1) is 18.1 Å². The standard InChI is InChI=1S/C21H30N2O3/c1-16(24)23-15-21(14-18(25)20(23,2)3)9-11-22(12-10-21)19(26)13-17-7-5-4-6-8-17/h4-8,18,25H,9-15H2,1-3H3/t18-/m0/s1. The van der Waals surface area contributed by atoms with E-state index < -0.39 is 11.6 Å². The number of nitrogens with zero attached hydrogens (tertiary/aromatic N) is 2.